The highest BCUT2D eigenvalue weighted by atomic mass is 35.5. The average molecular weight is 526 g/mol. The molecule has 1 aliphatic heterocycles. The number of hydrogen-bond donors (Lipinski definition) is 1. The molecule has 1 atom stereocenters. The monoisotopic (exact) mass is 525 g/mol. The molecule has 1 aliphatic rings. The van der Waals surface area contributed by atoms with Gasteiger partial charge in [-0.25, -0.2) is 0 Å². The van der Waals surface area contributed by atoms with Gasteiger partial charge in [0, 0.05) is 12.1 Å². The lowest BCUT2D eigenvalue weighted by molar-refractivity contribution is -0.140. The van der Waals surface area contributed by atoms with E-state index < -0.39 is 17.7 Å². The van der Waals surface area contributed by atoms with E-state index in [2.05, 4.69) is 0 Å². The highest BCUT2D eigenvalue weighted by Crippen LogP contribution is 2.41. The quantitative estimate of drug-likeness (QED) is 0.219. The SMILES string of the molecule is COc1ccc(C2/C(=C(/O)c3ccc(Cl)c(Cl)c3)C(=O)C(=O)N2Cc2ccc(OC(C)C)cc2)cc1. The van der Waals surface area contributed by atoms with E-state index >= 15 is 0 Å². The van der Waals surface area contributed by atoms with Gasteiger partial charge in [0.15, 0.2) is 0 Å². The van der Waals surface area contributed by atoms with Crippen molar-refractivity contribution in [2.45, 2.75) is 32.5 Å². The Balaban J connectivity index is 1.78. The van der Waals surface area contributed by atoms with Gasteiger partial charge in [-0.2, -0.15) is 0 Å². The zero-order valence-electron chi connectivity index (χ0n) is 20.0. The molecule has 8 heteroatoms. The van der Waals surface area contributed by atoms with Gasteiger partial charge in [0.1, 0.15) is 17.3 Å². The highest BCUT2D eigenvalue weighted by molar-refractivity contribution is 6.46. The molecule has 3 aromatic carbocycles. The van der Waals surface area contributed by atoms with Crippen LogP contribution in [0.4, 0.5) is 0 Å². The summed E-state index contributed by atoms with van der Waals surface area (Å²) in [6.45, 7) is 4.04. The number of halogens is 2. The number of Topliss-reactive ketones (excluding diaryl/α,β-unsaturated/α-hetero) is 1. The fourth-order valence-corrected chi connectivity index (χ4v) is 4.42. The van der Waals surface area contributed by atoms with Crippen LogP contribution in [0.5, 0.6) is 11.5 Å². The number of carbonyl (C=O) groups is 2. The van der Waals surface area contributed by atoms with Gasteiger partial charge < -0.3 is 19.5 Å². The second-order valence-electron chi connectivity index (χ2n) is 8.64. The number of aliphatic hydroxyl groups is 1. The summed E-state index contributed by atoms with van der Waals surface area (Å²) in [6.07, 6.45) is 0.0325. The number of aliphatic hydroxyl groups excluding tert-OH is 1. The second kappa shape index (κ2) is 10.6. The van der Waals surface area contributed by atoms with Crippen LogP contribution in [0.1, 0.15) is 36.6 Å². The first-order valence-corrected chi connectivity index (χ1v) is 12.1. The molecule has 0 spiro atoms. The van der Waals surface area contributed by atoms with Crippen LogP contribution in [0.2, 0.25) is 10.0 Å². The number of ether oxygens (including phenoxy) is 2. The molecule has 6 nitrogen and oxygen atoms in total. The van der Waals surface area contributed by atoms with Gasteiger partial charge in [-0.05, 0) is 67.4 Å². The highest BCUT2D eigenvalue weighted by Gasteiger charge is 2.46. The van der Waals surface area contributed by atoms with E-state index in [4.69, 9.17) is 32.7 Å². The van der Waals surface area contributed by atoms with Crippen LogP contribution in [0.3, 0.4) is 0 Å². The van der Waals surface area contributed by atoms with E-state index in [1.807, 2.05) is 38.1 Å². The van der Waals surface area contributed by atoms with Crippen LogP contribution < -0.4 is 9.47 Å². The van der Waals surface area contributed by atoms with E-state index in [1.165, 1.54) is 17.0 Å². The summed E-state index contributed by atoms with van der Waals surface area (Å²) < 4.78 is 11.0. The van der Waals surface area contributed by atoms with E-state index in [1.54, 1.807) is 37.4 Å². The number of hydrogen-bond acceptors (Lipinski definition) is 5. The first kappa shape index (κ1) is 25.6. The smallest absolute Gasteiger partial charge is 0.295 e. The maximum atomic E-state index is 13.2. The van der Waals surface area contributed by atoms with E-state index in [9.17, 15) is 14.7 Å². The molecule has 1 saturated heterocycles. The van der Waals surface area contributed by atoms with Crippen molar-refractivity contribution in [1.82, 2.24) is 4.90 Å². The molecule has 1 unspecified atom stereocenters. The van der Waals surface area contributed by atoms with Crippen LogP contribution in [0.15, 0.2) is 72.3 Å². The molecule has 4 rings (SSSR count). The molecular weight excluding hydrogens is 501 g/mol. The van der Waals surface area contributed by atoms with Crippen molar-refractivity contribution >= 4 is 40.7 Å². The van der Waals surface area contributed by atoms with Crippen molar-refractivity contribution in [3.63, 3.8) is 0 Å². The lowest BCUT2D eigenvalue weighted by Crippen LogP contribution is -2.29. The van der Waals surface area contributed by atoms with Gasteiger partial charge in [0.2, 0.25) is 0 Å². The van der Waals surface area contributed by atoms with E-state index in [-0.39, 0.29) is 34.6 Å². The average Bonchev–Trinajstić information content (AvgIpc) is 3.11. The number of likely N-dealkylation sites (tertiary alicyclic amines) is 1. The Bertz CT molecular complexity index is 1320. The summed E-state index contributed by atoms with van der Waals surface area (Å²) in [4.78, 5) is 27.9. The maximum absolute atomic E-state index is 13.2. The molecule has 0 saturated carbocycles. The van der Waals surface area contributed by atoms with Crippen LogP contribution in [-0.2, 0) is 16.1 Å². The van der Waals surface area contributed by atoms with Crippen LogP contribution in [0.25, 0.3) is 5.76 Å². The summed E-state index contributed by atoms with van der Waals surface area (Å²) >= 11 is 12.2. The fraction of sp³-hybridized carbons (Fsp3) is 0.214. The molecule has 0 aromatic heterocycles. The number of rotatable bonds is 7. The van der Waals surface area contributed by atoms with Crippen molar-refractivity contribution in [3.05, 3.63) is 99.0 Å². The Hall–Kier alpha value is -3.48. The summed E-state index contributed by atoms with van der Waals surface area (Å²) in [7, 11) is 1.55. The minimum Gasteiger partial charge on any atom is -0.507 e. The standard InChI is InChI=1S/C28H25Cl2NO5/c1-16(2)36-21-9-4-17(5-10-21)15-31-25(18-6-11-20(35-3)12-7-18)24(27(33)28(31)34)26(32)19-8-13-22(29)23(30)14-19/h4-14,16,25,32H,15H2,1-3H3/b26-24-. The lowest BCUT2D eigenvalue weighted by atomic mass is 9.95. The van der Waals surface area contributed by atoms with Crippen molar-refractivity contribution in [3.8, 4) is 11.5 Å². The van der Waals surface area contributed by atoms with Crippen molar-refractivity contribution < 1.29 is 24.2 Å². The number of methoxy groups -OCH3 is 1. The van der Waals surface area contributed by atoms with Crippen LogP contribution in [0, 0.1) is 0 Å². The summed E-state index contributed by atoms with van der Waals surface area (Å²) in [5.41, 5.74) is 1.72. The molecule has 0 bridgehead atoms. The Morgan fingerprint density at radius 2 is 1.58 bits per heavy atom. The lowest BCUT2D eigenvalue weighted by Gasteiger charge is -2.25. The molecule has 3 aromatic rings. The maximum Gasteiger partial charge on any atom is 0.295 e. The Morgan fingerprint density at radius 1 is 0.944 bits per heavy atom. The van der Waals surface area contributed by atoms with Crippen LogP contribution >= 0.6 is 23.2 Å². The zero-order chi connectivity index (χ0) is 26.0. The molecule has 1 N–H and O–H groups in total. The predicted molar refractivity (Wildman–Crippen MR) is 140 cm³/mol. The van der Waals surface area contributed by atoms with E-state index in [0.29, 0.717) is 22.1 Å². The summed E-state index contributed by atoms with van der Waals surface area (Å²) in [5.74, 6) is -0.474. The molecule has 36 heavy (non-hydrogen) atoms. The third-order valence-corrected chi connectivity index (χ3v) is 6.55. The van der Waals surface area contributed by atoms with Gasteiger partial charge in [0.25, 0.3) is 11.7 Å². The van der Waals surface area contributed by atoms with Gasteiger partial charge in [0.05, 0.1) is 34.9 Å². The molecule has 1 fully saturated rings. The third-order valence-electron chi connectivity index (χ3n) is 5.81. The van der Waals surface area contributed by atoms with Crippen molar-refractivity contribution in [2.75, 3.05) is 7.11 Å². The van der Waals surface area contributed by atoms with Gasteiger partial charge in [-0.1, -0.05) is 47.5 Å². The minimum absolute atomic E-state index is 0.0247. The second-order valence-corrected chi connectivity index (χ2v) is 9.45. The van der Waals surface area contributed by atoms with Crippen molar-refractivity contribution in [2.24, 2.45) is 0 Å². The van der Waals surface area contributed by atoms with E-state index in [0.717, 1.165) is 5.56 Å². The number of amides is 1. The largest absolute Gasteiger partial charge is 0.507 e. The summed E-state index contributed by atoms with van der Waals surface area (Å²) in [5, 5.41) is 11.7. The van der Waals surface area contributed by atoms with Crippen LogP contribution in [-0.4, -0.2) is 34.9 Å². The number of carbonyl (C=O) groups excluding carboxylic acids is 2. The Morgan fingerprint density at radius 3 is 2.17 bits per heavy atom. The Labute approximate surface area is 219 Å². The number of nitrogens with zero attached hydrogens (tertiary/aromatic N) is 1. The zero-order valence-corrected chi connectivity index (χ0v) is 21.5. The number of benzene rings is 3. The van der Waals surface area contributed by atoms with Gasteiger partial charge >= 0.3 is 0 Å². The minimum atomic E-state index is -0.822. The van der Waals surface area contributed by atoms with Gasteiger partial charge in [-0.15, -0.1) is 0 Å². The molecule has 1 heterocycles. The molecule has 0 radical (unpaired) electrons. The van der Waals surface area contributed by atoms with Gasteiger partial charge in [-0.3, -0.25) is 9.59 Å². The normalized spacial score (nSPS) is 17.1. The number of ketones is 1. The predicted octanol–water partition coefficient (Wildman–Crippen LogP) is 6.41. The first-order chi connectivity index (χ1) is 17.2. The molecule has 1 amide bonds. The molecule has 186 valence electrons. The third kappa shape index (κ3) is 5.20. The Kier molecular flexibility index (Phi) is 7.57. The first-order valence-electron chi connectivity index (χ1n) is 11.3. The summed E-state index contributed by atoms with van der Waals surface area (Å²) in [6, 6.07) is 18.1. The topological polar surface area (TPSA) is 76.1 Å². The molecular formula is C28H25Cl2NO5. The molecule has 0 aliphatic carbocycles. The van der Waals surface area contributed by atoms with Crippen molar-refractivity contribution in [1.29, 1.82) is 0 Å². The fourth-order valence-electron chi connectivity index (χ4n) is 4.12.